The van der Waals surface area contributed by atoms with Crippen LogP contribution < -0.4 is 0 Å². The molecule has 0 radical (unpaired) electrons. The van der Waals surface area contributed by atoms with Crippen LogP contribution in [0.4, 0.5) is 0 Å². The summed E-state index contributed by atoms with van der Waals surface area (Å²) in [6.07, 6.45) is 0.733. The van der Waals surface area contributed by atoms with E-state index < -0.39 is 0 Å². The van der Waals surface area contributed by atoms with Crippen molar-refractivity contribution in [1.29, 1.82) is 0 Å². The summed E-state index contributed by atoms with van der Waals surface area (Å²) in [5.74, 6) is 2.38. The number of rotatable bonds is 4. The minimum atomic E-state index is 0.548. The monoisotopic (exact) mass is 367 g/mol. The molecule has 0 aliphatic rings. The van der Waals surface area contributed by atoms with Crippen LogP contribution >= 0.6 is 27.5 Å². The lowest BCUT2D eigenvalue weighted by molar-refractivity contribution is 0.392. The quantitative estimate of drug-likeness (QED) is 0.647. The minimum Gasteiger partial charge on any atom is -0.361 e. The van der Waals surface area contributed by atoms with Crippen LogP contribution in [-0.2, 0) is 13.0 Å². The minimum absolute atomic E-state index is 0.548. The van der Waals surface area contributed by atoms with Crippen LogP contribution in [0.5, 0.6) is 0 Å². The Labute approximate surface area is 136 Å². The molecule has 0 aliphatic carbocycles. The maximum atomic E-state index is 5.92. The van der Waals surface area contributed by atoms with Gasteiger partial charge in [0.2, 0.25) is 0 Å². The maximum absolute atomic E-state index is 5.92. The van der Waals surface area contributed by atoms with Crippen molar-refractivity contribution in [2.45, 2.75) is 26.8 Å². The molecule has 1 aromatic carbocycles. The second kappa shape index (κ2) is 5.81. The number of nitrogens with zero attached hydrogens (tertiary/aromatic N) is 3. The average molecular weight is 369 g/mol. The molecule has 0 amide bonds. The highest BCUT2D eigenvalue weighted by Crippen LogP contribution is 2.24. The Kier molecular flexibility index (Phi) is 4.04. The molecule has 0 N–H and O–H groups in total. The topological polar surface area (TPSA) is 43.9 Å². The Balaban J connectivity index is 2.13. The Morgan fingerprint density at radius 2 is 2.14 bits per heavy atom. The van der Waals surface area contributed by atoms with Gasteiger partial charge in [-0.3, -0.25) is 0 Å². The van der Waals surface area contributed by atoms with E-state index in [0.717, 1.165) is 44.8 Å². The number of fused-ring (bicyclic) bond motifs is 1. The van der Waals surface area contributed by atoms with Crippen molar-refractivity contribution in [2.24, 2.45) is 0 Å². The van der Waals surface area contributed by atoms with E-state index in [1.807, 2.05) is 26.0 Å². The molecule has 0 bridgehead atoms. The molecule has 0 atom stereocenters. The van der Waals surface area contributed by atoms with E-state index >= 15 is 0 Å². The fraction of sp³-hybridized carbons (Fsp3) is 0.333. The van der Waals surface area contributed by atoms with Crippen molar-refractivity contribution in [1.82, 2.24) is 14.7 Å². The third-order valence-corrected chi connectivity index (χ3v) is 4.29. The SMILES string of the molecule is Cc1noc(C)c1Cn1c(CCCl)nc2cc(Br)ccc21. The fourth-order valence-corrected chi connectivity index (χ4v) is 3.01. The van der Waals surface area contributed by atoms with Crippen LogP contribution in [0.2, 0.25) is 0 Å². The first kappa shape index (κ1) is 14.6. The van der Waals surface area contributed by atoms with Gasteiger partial charge in [-0.1, -0.05) is 21.1 Å². The van der Waals surface area contributed by atoms with Crippen molar-refractivity contribution in [3.05, 3.63) is 45.5 Å². The van der Waals surface area contributed by atoms with E-state index in [-0.39, 0.29) is 0 Å². The lowest BCUT2D eigenvalue weighted by Gasteiger charge is -2.08. The molecule has 110 valence electrons. The largest absolute Gasteiger partial charge is 0.361 e. The number of hydrogen-bond donors (Lipinski definition) is 0. The molecule has 6 heteroatoms. The Morgan fingerprint density at radius 3 is 2.81 bits per heavy atom. The summed E-state index contributed by atoms with van der Waals surface area (Å²) >= 11 is 9.41. The van der Waals surface area contributed by atoms with Crippen molar-refractivity contribution in [3.8, 4) is 0 Å². The molecular weight excluding hydrogens is 354 g/mol. The van der Waals surface area contributed by atoms with Gasteiger partial charge in [-0.15, -0.1) is 11.6 Å². The number of aryl methyl sites for hydroxylation is 3. The van der Waals surface area contributed by atoms with Gasteiger partial charge in [-0.2, -0.15) is 0 Å². The molecule has 0 saturated heterocycles. The van der Waals surface area contributed by atoms with Gasteiger partial charge < -0.3 is 9.09 Å². The molecule has 0 unspecified atom stereocenters. The summed E-state index contributed by atoms with van der Waals surface area (Å²) in [4.78, 5) is 4.70. The van der Waals surface area contributed by atoms with Crippen LogP contribution in [0, 0.1) is 13.8 Å². The molecule has 2 heterocycles. The molecule has 0 saturated carbocycles. The zero-order valence-corrected chi connectivity index (χ0v) is 14.2. The summed E-state index contributed by atoms with van der Waals surface area (Å²) < 4.78 is 8.47. The van der Waals surface area contributed by atoms with E-state index in [2.05, 4.69) is 31.7 Å². The lowest BCUT2D eigenvalue weighted by atomic mass is 10.2. The first-order valence-corrected chi connectivity index (χ1v) is 8.05. The van der Waals surface area contributed by atoms with Gasteiger partial charge in [-0.05, 0) is 32.0 Å². The maximum Gasteiger partial charge on any atom is 0.138 e. The molecular formula is C15H15BrClN3O. The Hall–Kier alpha value is -1.33. The first-order valence-electron chi connectivity index (χ1n) is 6.72. The second-order valence-corrected chi connectivity index (χ2v) is 6.28. The standard InChI is InChI=1S/C15H15BrClN3O/c1-9-12(10(2)21-19-9)8-20-14-4-3-11(16)7-13(14)18-15(20)5-6-17/h3-4,7H,5-6,8H2,1-2H3. The fourth-order valence-electron chi connectivity index (χ4n) is 2.49. The number of alkyl halides is 1. The van der Waals surface area contributed by atoms with Crippen LogP contribution in [0.15, 0.2) is 27.2 Å². The summed E-state index contributed by atoms with van der Waals surface area (Å²) in [6, 6.07) is 6.12. The molecule has 4 nitrogen and oxygen atoms in total. The second-order valence-electron chi connectivity index (χ2n) is 4.99. The third kappa shape index (κ3) is 2.72. The summed E-state index contributed by atoms with van der Waals surface area (Å²) in [7, 11) is 0. The summed E-state index contributed by atoms with van der Waals surface area (Å²) in [5.41, 5.74) is 4.09. The molecule has 0 aliphatic heterocycles. The highest BCUT2D eigenvalue weighted by Gasteiger charge is 2.15. The predicted octanol–water partition coefficient (Wildman–Crippen LogP) is 4.23. The number of halogens is 2. The van der Waals surface area contributed by atoms with E-state index in [9.17, 15) is 0 Å². The van der Waals surface area contributed by atoms with E-state index in [4.69, 9.17) is 21.1 Å². The molecule has 0 fully saturated rings. The molecule has 3 aromatic rings. The van der Waals surface area contributed by atoms with Gasteiger partial charge >= 0.3 is 0 Å². The van der Waals surface area contributed by atoms with Gasteiger partial charge in [0.25, 0.3) is 0 Å². The number of hydrogen-bond acceptors (Lipinski definition) is 3. The highest BCUT2D eigenvalue weighted by atomic mass is 79.9. The number of aromatic nitrogens is 3. The summed E-state index contributed by atoms with van der Waals surface area (Å²) in [6.45, 7) is 4.60. The van der Waals surface area contributed by atoms with Crippen LogP contribution in [0.25, 0.3) is 11.0 Å². The van der Waals surface area contributed by atoms with E-state index in [1.54, 1.807) is 0 Å². The predicted molar refractivity (Wildman–Crippen MR) is 86.9 cm³/mol. The highest BCUT2D eigenvalue weighted by molar-refractivity contribution is 9.10. The van der Waals surface area contributed by atoms with Gasteiger partial charge in [-0.25, -0.2) is 4.98 Å². The van der Waals surface area contributed by atoms with E-state index in [0.29, 0.717) is 12.4 Å². The van der Waals surface area contributed by atoms with Crippen LogP contribution in [0.1, 0.15) is 22.8 Å². The lowest BCUT2D eigenvalue weighted by Crippen LogP contribution is -2.07. The zero-order valence-electron chi connectivity index (χ0n) is 11.9. The summed E-state index contributed by atoms with van der Waals surface area (Å²) in [5, 5.41) is 4.02. The molecule has 2 aromatic heterocycles. The Morgan fingerprint density at radius 1 is 1.33 bits per heavy atom. The third-order valence-electron chi connectivity index (χ3n) is 3.60. The molecule has 0 spiro atoms. The van der Waals surface area contributed by atoms with Crippen molar-refractivity contribution >= 4 is 38.6 Å². The van der Waals surface area contributed by atoms with Crippen molar-refractivity contribution in [3.63, 3.8) is 0 Å². The van der Waals surface area contributed by atoms with Gasteiger partial charge in [0.05, 0.1) is 23.3 Å². The number of benzene rings is 1. The molecule has 3 rings (SSSR count). The first-order chi connectivity index (χ1) is 10.1. The van der Waals surface area contributed by atoms with Crippen LogP contribution in [-0.4, -0.2) is 20.6 Å². The normalized spacial score (nSPS) is 11.4. The van der Waals surface area contributed by atoms with Gasteiger partial charge in [0.1, 0.15) is 11.6 Å². The van der Waals surface area contributed by atoms with E-state index in [1.165, 1.54) is 0 Å². The van der Waals surface area contributed by atoms with Gasteiger partial charge in [0, 0.05) is 22.3 Å². The zero-order chi connectivity index (χ0) is 15.0. The van der Waals surface area contributed by atoms with Gasteiger partial charge in [0.15, 0.2) is 0 Å². The number of imidazole rings is 1. The van der Waals surface area contributed by atoms with Crippen LogP contribution in [0.3, 0.4) is 0 Å². The smallest absolute Gasteiger partial charge is 0.138 e. The van der Waals surface area contributed by atoms with Crippen molar-refractivity contribution in [2.75, 3.05) is 5.88 Å². The Bertz CT molecular complexity index is 774. The molecule has 21 heavy (non-hydrogen) atoms. The van der Waals surface area contributed by atoms with Crippen molar-refractivity contribution < 1.29 is 4.52 Å². The average Bonchev–Trinajstić information content (AvgIpc) is 2.94.